The smallest absolute Gasteiger partial charge is 0.328 e. The lowest BCUT2D eigenvalue weighted by atomic mass is 10.0. The summed E-state index contributed by atoms with van der Waals surface area (Å²) in [5, 5.41) is 2.60. The number of carbonyl (C=O) groups is 2. The summed E-state index contributed by atoms with van der Waals surface area (Å²) < 4.78 is 9.57. The first kappa shape index (κ1) is 14.9. The van der Waals surface area contributed by atoms with Crippen LogP contribution in [-0.2, 0) is 19.1 Å². The summed E-state index contributed by atoms with van der Waals surface area (Å²) in [6, 6.07) is -0.585. The lowest BCUT2D eigenvalue weighted by molar-refractivity contribution is -0.146. The summed E-state index contributed by atoms with van der Waals surface area (Å²) in [5.41, 5.74) is 0. The fourth-order valence-electron chi connectivity index (χ4n) is 1.26. The molecule has 0 fully saturated rings. The van der Waals surface area contributed by atoms with Crippen LogP contribution in [0.25, 0.3) is 0 Å². The number of amides is 1. The van der Waals surface area contributed by atoms with Crippen LogP contribution in [0.4, 0.5) is 0 Å². The van der Waals surface area contributed by atoms with E-state index in [1.807, 2.05) is 13.8 Å². The molecule has 0 aliphatic carbocycles. The molecule has 94 valence electrons. The van der Waals surface area contributed by atoms with Crippen LogP contribution in [0, 0.1) is 5.92 Å². The second-order valence-corrected chi connectivity index (χ2v) is 3.91. The van der Waals surface area contributed by atoms with Crippen molar-refractivity contribution in [3.8, 4) is 0 Å². The number of hydrogen-bond acceptors (Lipinski definition) is 4. The molecular formula is C11H21NO4. The molecule has 0 aromatic heterocycles. The Labute approximate surface area is 96.5 Å². The zero-order valence-corrected chi connectivity index (χ0v) is 10.4. The van der Waals surface area contributed by atoms with Crippen molar-refractivity contribution in [2.24, 2.45) is 5.92 Å². The molecule has 5 nitrogen and oxygen atoms in total. The van der Waals surface area contributed by atoms with E-state index < -0.39 is 12.0 Å². The Morgan fingerprint density at radius 1 is 1.31 bits per heavy atom. The monoisotopic (exact) mass is 231 g/mol. The number of rotatable bonds is 7. The standard InChI is InChI=1S/C11H21NO4/c1-5-16-7-10(13)12-9(6-8(2)3)11(14)15-4/h8-9H,5-7H2,1-4H3,(H,12,13)/t9-/m1/s1. The van der Waals surface area contributed by atoms with Gasteiger partial charge in [-0.15, -0.1) is 0 Å². The van der Waals surface area contributed by atoms with Gasteiger partial charge in [0.1, 0.15) is 12.6 Å². The summed E-state index contributed by atoms with van der Waals surface area (Å²) in [7, 11) is 1.31. The molecule has 0 radical (unpaired) electrons. The van der Waals surface area contributed by atoms with Gasteiger partial charge in [-0.1, -0.05) is 13.8 Å². The van der Waals surface area contributed by atoms with Gasteiger partial charge < -0.3 is 14.8 Å². The zero-order valence-electron chi connectivity index (χ0n) is 10.4. The fourth-order valence-corrected chi connectivity index (χ4v) is 1.26. The molecule has 0 aromatic carbocycles. The van der Waals surface area contributed by atoms with Gasteiger partial charge in [-0.3, -0.25) is 4.79 Å². The summed E-state index contributed by atoms with van der Waals surface area (Å²) in [4.78, 5) is 22.7. The quantitative estimate of drug-likeness (QED) is 0.656. The predicted octanol–water partition coefficient (Wildman–Crippen LogP) is 0.727. The van der Waals surface area contributed by atoms with E-state index in [0.717, 1.165) is 0 Å². The highest BCUT2D eigenvalue weighted by Crippen LogP contribution is 2.06. The molecule has 1 N–H and O–H groups in total. The van der Waals surface area contributed by atoms with Crippen LogP contribution in [0.15, 0.2) is 0 Å². The minimum Gasteiger partial charge on any atom is -0.467 e. The molecule has 0 aromatic rings. The van der Waals surface area contributed by atoms with Crippen LogP contribution < -0.4 is 5.32 Å². The summed E-state index contributed by atoms with van der Waals surface area (Å²) >= 11 is 0. The first-order chi connectivity index (χ1) is 7.51. The molecular weight excluding hydrogens is 210 g/mol. The zero-order chi connectivity index (χ0) is 12.6. The van der Waals surface area contributed by atoms with E-state index in [2.05, 4.69) is 10.1 Å². The van der Waals surface area contributed by atoms with Gasteiger partial charge in [0.25, 0.3) is 0 Å². The second-order valence-electron chi connectivity index (χ2n) is 3.91. The van der Waals surface area contributed by atoms with Crippen molar-refractivity contribution in [2.75, 3.05) is 20.3 Å². The van der Waals surface area contributed by atoms with Crippen molar-refractivity contribution in [1.82, 2.24) is 5.32 Å². The largest absolute Gasteiger partial charge is 0.467 e. The van der Waals surface area contributed by atoms with Crippen LogP contribution in [0.3, 0.4) is 0 Å². The first-order valence-electron chi connectivity index (χ1n) is 5.46. The highest BCUT2D eigenvalue weighted by Gasteiger charge is 2.22. The Bertz CT molecular complexity index is 228. The topological polar surface area (TPSA) is 64.6 Å². The number of ether oxygens (including phenoxy) is 2. The molecule has 1 atom stereocenters. The Kier molecular flexibility index (Phi) is 7.54. The van der Waals surface area contributed by atoms with E-state index >= 15 is 0 Å². The van der Waals surface area contributed by atoms with E-state index in [1.54, 1.807) is 6.92 Å². The number of methoxy groups -OCH3 is 1. The van der Waals surface area contributed by atoms with Gasteiger partial charge in [-0.2, -0.15) is 0 Å². The molecule has 0 saturated carbocycles. The number of carbonyl (C=O) groups excluding carboxylic acids is 2. The average Bonchev–Trinajstić information content (AvgIpc) is 2.23. The van der Waals surface area contributed by atoms with Gasteiger partial charge >= 0.3 is 5.97 Å². The molecule has 5 heteroatoms. The number of esters is 1. The van der Waals surface area contributed by atoms with Crippen molar-refractivity contribution < 1.29 is 19.1 Å². The van der Waals surface area contributed by atoms with Crippen LogP contribution in [0.2, 0.25) is 0 Å². The fraction of sp³-hybridized carbons (Fsp3) is 0.818. The summed E-state index contributed by atoms with van der Waals surface area (Å²) in [6.07, 6.45) is 0.560. The van der Waals surface area contributed by atoms with E-state index in [-0.39, 0.29) is 12.5 Å². The molecule has 0 rings (SSSR count). The SMILES string of the molecule is CCOCC(=O)N[C@H](CC(C)C)C(=O)OC. The normalized spacial score (nSPS) is 12.3. The predicted molar refractivity (Wildman–Crippen MR) is 59.9 cm³/mol. The van der Waals surface area contributed by atoms with Crippen LogP contribution in [-0.4, -0.2) is 38.2 Å². The maximum Gasteiger partial charge on any atom is 0.328 e. The third-order valence-corrected chi connectivity index (χ3v) is 1.97. The third kappa shape index (κ3) is 6.40. The highest BCUT2D eigenvalue weighted by molar-refractivity contribution is 5.84. The molecule has 0 aliphatic rings. The Balaban J connectivity index is 4.19. The highest BCUT2D eigenvalue weighted by atomic mass is 16.5. The van der Waals surface area contributed by atoms with Gasteiger partial charge in [0.05, 0.1) is 7.11 Å². The Morgan fingerprint density at radius 2 is 1.94 bits per heavy atom. The maximum atomic E-state index is 11.4. The molecule has 1 amide bonds. The average molecular weight is 231 g/mol. The molecule has 0 spiro atoms. The molecule has 0 saturated heterocycles. The maximum absolute atomic E-state index is 11.4. The van der Waals surface area contributed by atoms with Crippen molar-refractivity contribution in [3.05, 3.63) is 0 Å². The van der Waals surface area contributed by atoms with Crippen molar-refractivity contribution in [3.63, 3.8) is 0 Å². The Morgan fingerprint density at radius 3 is 2.38 bits per heavy atom. The lowest BCUT2D eigenvalue weighted by Gasteiger charge is -2.18. The first-order valence-corrected chi connectivity index (χ1v) is 5.46. The summed E-state index contributed by atoms with van der Waals surface area (Å²) in [5.74, 6) is -0.409. The van der Waals surface area contributed by atoms with Crippen LogP contribution in [0.5, 0.6) is 0 Å². The second kappa shape index (κ2) is 8.10. The summed E-state index contributed by atoms with van der Waals surface area (Å²) in [6.45, 7) is 6.21. The van der Waals surface area contributed by atoms with Crippen LogP contribution in [0.1, 0.15) is 27.2 Å². The van der Waals surface area contributed by atoms with Gasteiger partial charge in [-0.25, -0.2) is 4.79 Å². The molecule has 0 bridgehead atoms. The molecule has 0 unspecified atom stereocenters. The van der Waals surface area contributed by atoms with Crippen molar-refractivity contribution in [1.29, 1.82) is 0 Å². The van der Waals surface area contributed by atoms with Gasteiger partial charge in [0, 0.05) is 6.61 Å². The number of nitrogens with one attached hydrogen (secondary N) is 1. The van der Waals surface area contributed by atoms with Gasteiger partial charge in [0.15, 0.2) is 0 Å². The van der Waals surface area contributed by atoms with Crippen LogP contribution >= 0.6 is 0 Å². The molecule has 16 heavy (non-hydrogen) atoms. The number of hydrogen-bond donors (Lipinski definition) is 1. The van der Waals surface area contributed by atoms with E-state index in [1.165, 1.54) is 7.11 Å². The minimum atomic E-state index is -0.585. The van der Waals surface area contributed by atoms with Gasteiger partial charge in [-0.05, 0) is 19.3 Å². The van der Waals surface area contributed by atoms with Crippen molar-refractivity contribution >= 4 is 11.9 Å². The van der Waals surface area contributed by atoms with E-state index in [4.69, 9.17) is 4.74 Å². The molecule has 0 heterocycles. The van der Waals surface area contributed by atoms with Crippen molar-refractivity contribution in [2.45, 2.75) is 33.2 Å². The van der Waals surface area contributed by atoms with Gasteiger partial charge in [0.2, 0.25) is 5.91 Å². The lowest BCUT2D eigenvalue weighted by Crippen LogP contribution is -2.43. The Hall–Kier alpha value is -1.10. The van der Waals surface area contributed by atoms with E-state index in [0.29, 0.717) is 18.9 Å². The minimum absolute atomic E-state index is 0.0257. The third-order valence-electron chi connectivity index (χ3n) is 1.97. The molecule has 0 aliphatic heterocycles. The van der Waals surface area contributed by atoms with E-state index in [9.17, 15) is 9.59 Å².